The molecule has 5 aromatic rings. The summed E-state index contributed by atoms with van der Waals surface area (Å²) in [6, 6.07) is 16.7. The fourth-order valence-corrected chi connectivity index (χ4v) is 5.69. The Bertz CT molecular complexity index is 1770. The third-order valence-corrected chi connectivity index (χ3v) is 7.87. The smallest absolute Gasteiger partial charge is 0.273 e. The summed E-state index contributed by atoms with van der Waals surface area (Å²) in [5, 5.41) is 13.3. The molecule has 0 unspecified atom stereocenters. The molecule has 2 aliphatic heterocycles. The van der Waals surface area contributed by atoms with Crippen molar-refractivity contribution < 1.29 is 9.18 Å². The van der Waals surface area contributed by atoms with Crippen LogP contribution in [0, 0.1) is 5.82 Å². The molecule has 0 aliphatic carbocycles. The van der Waals surface area contributed by atoms with E-state index in [1.807, 2.05) is 34.9 Å². The molecule has 0 bridgehead atoms. The van der Waals surface area contributed by atoms with E-state index in [2.05, 4.69) is 27.4 Å². The van der Waals surface area contributed by atoms with Gasteiger partial charge in [0.15, 0.2) is 5.65 Å². The first kappa shape index (κ1) is 24.4. The zero-order valence-electron chi connectivity index (χ0n) is 22.2. The highest BCUT2D eigenvalue weighted by Gasteiger charge is 2.30. The quantitative estimate of drug-likeness (QED) is 0.375. The van der Waals surface area contributed by atoms with Crippen LogP contribution in [0.4, 0.5) is 10.1 Å². The van der Waals surface area contributed by atoms with Crippen molar-refractivity contribution in [2.24, 2.45) is 12.8 Å². The highest BCUT2D eigenvalue weighted by atomic mass is 19.1. The third-order valence-electron chi connectivity index (χ3n) is 7.87. The van der Waals surface area contributed by atoms with Gasteiger partial charge in [-0.15, -0.1) is 0 Å². The maximum Gasteiger partial charge on any atom is 0.273 e. The maximum absolute atomic E-state index is 15.3. The molecule has 2 N–H and O–H groups in total. The first-order chi connectivity index (χ1) is 19.4. The van der Waals surface area contributed by atoms with Crippen LogP contribution in [0.15, 0.2) is 60.8 Å². The van der Waals surface area contributed by atoms with Gasteiger partial charge in [0.2, 0.25) is 0 Å². The minimum Gasteiger partial charge on any atom is -0.368 e. The fraction of sp³-hybridized carbons (Fsp3) is 0.276. The molecule has 1 fully saturated rings. The van der Waals surface area contributed by atoms with Gasteiger partial charge in [-0.3, -0.25) is 4.79 Å². The molecule has 2 aliphatic rings. The van der Waals surface area contributed by atoms with Crippen molar-refractivity contribution in [3.8, 4) is 22.6 Å². The average molecular weight is 538 g/mol. The van der Waals surface area contributed by atoms with Gasteiger partial charge in [0, 0.05) is 50.0 Å². The van der Waals surface area contributed by atoms with Gasteiger partial charge in [-0.2, -0.15) is 20.1 Å². The molecule has 3 aromatic heterocycles. The van der Waals surface area contributed by atoms with Crippen LogP contribution in [0.1, 0.15) is 34.6 Å². The number of amides is 1. The Morgan fingerprint density at radius 3 is 2.62 bits per heavy atom. The number of carbonyl (C=O) groups excluding carboxylic acids is 1. The number of hydrogen-bond acceptors (Lipinski definition) is 7. The third kappa shape index (κ3) is 4.01. The normalized spacial score (nSPS) is 17.2. The Morgan fingerprint density at radius 1 is 1.05 bits per heavy atom. The first-order valence-corrected chi connectivity index (χ1v) is 13.3. The highest BCUT2D eigenvalue weighted by Crippen LogP contribution is 2.32. The van der Waals surface area contributed by atoms with E-state index in [1.54, 1.807) is 36.0 Å². The van der Waals surface area contributed by atoms with Gasteiger partial charge in [0.05, 0.1) is 23.6 Å². The van der Waals surface area contributed by atoms with E-state index in [1.165, 1.54) is 16.4 Å². The Hall–Kier alpha value is -4.64. The molecule has 40 heavy (non-hydrogen) atoms. The van der Waals surface area contributed by atoms with Gasteiger partial charge >= 0.3 is 0 Å². The van der Waals surface area contributed by atoms with Gasteiger partial charge in [0.25, 0.3) is 5.91 Å². The summed E-state index contributed by atoms with van der Waals surface area (Å²) in [6.45, 7) is 4.04. The number of hydrogen-bond donors (Lipinski definition) is 1. The number of rotatable bonds is 4. The molecule has 5 heterocycles. The summed E-state index contributed by atoms with van der Waals surface area (Å²) >= 11 is 0. The van der Waals surface area contributed by atoms with Crippen LogP contribution in [-0.4, -0.2) is 66.1 Å². The van der Waals surface area contributed by atoms with Crippen molar-refractivity contribution in [1.29, 1.82) is 0 Å². The number of benzene rings is 2. The van der Waals surface area contributed by atoms with Crippen molar-refractivity contribution in [2.75, 3.05) is 24.5 Å². The van der Waals surface area contributed by atoms with Crippen LogP contribution >= 0.6 is 0 Å². The second-order valence-corrected chi connectivity index (χ2v) is 10.5. The fourth-order valence-electron chi connectivity index (χ4n) is 5.69. The van der Waals surface area contributed by atoms with Gasteiger partial charge in [-0.1, -0.05) is 24.3 Å². The molecule has 0 spiro atoms. The Morgan fingerprint density at radius 2 is 1.88 bits per heavy atom. The van der Waals surface area contributed by atoms with Gasteiger partial charge in [0.1, 0.15) is 17.2 Å². The van der Waals surface area contributed by atoms with E-state index < -0.39 is 0 Å². The number of anilines is 1. The van der Waals surface area contributed by atoms with Gasteiger partial charge < -0.3 is 15.5 Å². The van der Waals surface area contributed by atoms with Crippen molar-refractivity contribution in [3.63, 3.8) is 0 Å². The number of halogens is 1. The van der Waals surface area contributed by atoms with Crippen LogP contribution in [-0.2, 0) is 13.5 Å². The van der Waals surface area contributed by atoms with Crippen LogP contribution < -0.4 is 10.6 Å². The minimum absolute atomic E-state index is 0.0931. The summed E-state index contributed by atoms with van der Waals surface area (Å²) in [5.41, 5.74) is 11.6. The lowest BCUT2D eigenvalue weighted by molar-refractivity contribution is 0.0672. The molecular formula is C29H28FN9O. The lowest BCUT2D eigenvalue weighted by Gasteiger charge is -2.38. The van der Waals surface area contributed by atoms with E-state index in [0.717, 1.165) is 17.7 Å². The second-order valence-electron chi connectivity index (χ2n) is 10.5. The first-order valence-electron chi connectivity index (χ1n) is 13.3. The summed E-state index contributed by atoms with van der Waals surface area (Å²) in [6.07, 6.45) is 2.39. The van der Waals surface area contributed by atoms with Gasteiger partial charge in [-0.25, -0.2) is 13.9 Å². The number of nitrogens with zero attached hydrogens (tertiary/aromatic N) is 8. The second kappa shape index (κ2) is 9.23. The lowest BCUT2D eigenvalue weighted by atomic mass is 9.93. The van der Waals surface area contributed by atoms with E-state index in [4.69, 9.17) is 10.7 Å². The zero-order valence-corrected chi connectivity index (χ0v) is 22.2. The number of carbonyl (C=O) groups is 1. The topological polar surface area (TPSA) is 110 Å². The zero-order chi connectivity index (χ0) is 27.5. The molecule has 202 valence electrons. The van der Waals surface area contributed by atoms with E-state index in [9.17, 15) is 4.79 Å². The monoisotopic (exact) mass is 537 g/mol. The van der Waals surface area contributed by atoms with Crippen molar-refractivity contribution in [1.82, 2.24) is 34.5 Å². The van der Waals surface area contributed by atoms with E-state index >= 15 is 4.39 Å². The number of aromatic nitrogens is 6. The minimum atomic E-state index is -0.389. The molecule has 1 saturated heterocycles. The summed E-state index contributed by atoms with van der Waals surface area (Å²) in [7, 11) is 1.72. The van der Waals surface area contributed by atoms with Crippen molar-refractivity contribution in [2.45, 2.75) is 25.4 Å². The number of nitrogens with two attached hydrogens (primary N) is 1. The van der Waals surface area contributed by atoms with Crippen LogP contribution in [0.2, 0.25) is 0 Å². The standard InChI is InChI=1S/C29H28FN9O/c1-17-21-6-4-3-5-18(21)9-10-38(17)29(40)25-12-27(26-14-32-36(2)34-26)39-28(33-25)13-24(35-39)22-8-7-20(11-23(22)30)37-15-19(31)16-37/h3-8,11-14,17,19H,9-10,15-16,31H2,1-2H3/t17-/m1/s1. The van der Waals surface area contributed by atoms with Crippen LogP contribution in [0.3, 0.4) is 0 Å². The Labute approximate surface area is 229 Å². The highest BCUT2D eigenvalue weighted by molar-refractivity contribution is 5.94. The molecule has 10 nitrogen and oxygen atoms in total. The number of fused-ring (bicyclic) bond motifs is 2. The largest absolute Gasteiger partial charge is 0.368 e. The van der Waals surface area contributed by atoms with Crippen molar-refractivity contribution in [3.05, 3.63) is 83.4 Å². The molecule has 7 rings (SSSR count). The van der Waals surface area contributed by atoms with Gasteiger partial charge in [-0.05, 0) is 48.7 Å². The molecule has 1 atom stereocenters. The predicted molar refractivity (Wildman–Crippen MR) is 148 cm³/mol. The summed E-state index contributed by atoms with van der Waals surface area (Å²) < 4.78 is 16.9. The molecular weight excluding hydrogens is 509 g/mol. The summed E-state index contributed by atoms with van der Waals surface area (Å²) in [5.74, 6) is -0.569. The Kier molecular flexibility index (Phi) is 5.63. The molecule has 0 radical (unpaired) electrons. The maximum atomic E-state index is 15.3. The molecule has 0 saturated carbocycles. The molecule has 2 aromatic carbocycles. The van der Waals surface area contributed by atoms with Crippen LogP contribution in [0.25, 0.3) is 28.3 Å². The lowest BCUT2D eigenvalue weighted by Crippen LogP contribution is -2.55. The SMILES string of the molecule is C[C@@H]1c2ccccc2CCN1C(=O)c1cc(-c2cnn(C)n2)n2nc(-c3ccc(N4CC(N)C4)cc3F)cc2n1. The van der Waals surface area contributed by atoms with Crippen LogP contribution in [0.5, 0.6) is 0 Å². The van der Waals surface area contributed by atoms with E-state index in [0.29, 0.717) is 47.9 Å². The molecule has 11 heteroatoms. The molecule has 1 amide bonds. The van der Waals surface area contributed by atoms with E-state index in [-0.39, 0.29) is 29.5 Å². The summed E-state index contributed by atoms with van der Waals surface area (Å²) in [4.78, 5) is 23.9. The Balaban J connectivity index is 1.30. The van der Waals surface area contributed by atoms with Crippen molar-refractivity contribution >= 4 is 17.2 Å². The number of aryl methyl sites for hydroxylation is 1. The predicted octanol–water partition coefficient (Wildman–Crippen LogP) is 3.24. The average Bonchev–Trinajstić information content (AvgIpc) is 3.57.